The summed E-state index contributed by atoms with van der Waals surface area (Å²) >= 11 is 0. The third-order valence-corrected chi connectivity index (χ3v) is 24.1. The van der Waals surface area contributed by atoms with Crippen LogP contribution in [0.1, 0.15) is 41.5 Å². The molecule has 0 fully saturated rings. The summed E-state index contributed by atoms with van der Waals surface area (Å²) < 4.78 is 232. The van der Waals surface area contributed by atoms with E-state index in [2.05, 4.69) is 0 Å². The largest absolute Gasteiger partial charge is 0.740 e. The molecule has 35 heavy (non-hydrogen) atoms. The van der Waals surface area contributed by atoms with Gasteiger partial charge in [0.1, 0.15) is 0 Å². The summed E-state index contributed by atoms with van der Waals surface area (Å²) in [5, 5.41) is -4.83. The fourth-order valence-corrected chi connectivity index (χ4v) is 24.1. The molecule has 0 aliphatic carbocycles. The minimum Gasteiger partial charge on any atom is -0.740 e. The molecule has 0 amide bonds. The molecule has 0 radical (unpaired) electrons. The van der Waals surface area contributed by atoms with Crippen LogP contribution in [0.15, 0.2) is 0 Å². The highest BCUT2D eigenvalue weighted by Gasteiger charge is 3.00. The zero-order chi connectivity index (χ0) is 29.3. The van der Waals surface area contributed by atoms with Crippen molar-refractivity contribution in [3.8, 4) is 0 Å². The van der Waals surface area contributed by atoms with Gasteiger partial charge >= 0.3 is 43.2 Å². The number of halogens is 15. The van der Waals surface area contributed by atoms with Gasteiger partial charge < -0.3 is 4.55 Å². The Morgan fingerprint density at radius 1 is 0.571 bits per heavy atom. The van der Waals surface area contributed by atoms with E-state index in [0.717, 1.165) is 0 Å². The smallest absolute Gasteiger partial charge is 0.449 e. The molecule has 0 bridgehead atoms. The summed E-state index contributed by atoms with van der Waals surface area (Å²) in [5.41, 5.74) is -24.0. The van der Waals surface area contributed by atoms with E-state index in [1.807, 2.05) is 0 Å². The monoisotopic (exact) mass is 608 g/mol. The molecule has 0 aromatic heterocycles. The Balaban J connectivity index is 8.65. The van der Waals surface area contributed by atoms with E-state index in [4.69, 9.17) is 0 Å². The van der Waals surface area contributed by atoms with Crippen molar-refractivity contribution in [2.45, 2.75) is 87.0 Å². The van der Waals surface area contributed by atoms with Gasteiger partial charge in [-0.3, -0.25) is 0 Å². The quantitative estimate of drug-likeness (QED) is 0.135. The van der Waals surface area contributed by atoms with Crippen LogP contribution in [0.3, 0.4) is 0 Å². The van der Waals surface area contributed by atoms with Crippen molar-refractivity contribution in [2.75, 3.05) is 5.79 Å². The molecule has 0 aromatic rings. The molecule has 0 saturated heterocycles. The van der Waals surface area contributed by atoms with Gasteiger partial charge in [-0.1, -0.05) is 0 Å². The van der Waals surface area contributed by atoms with E-state index in [-0.39, 0.29) is 0 Å². The highest BCUT2D eigenvalue weighted by atomic mass is 32.8. The normalized spacial score (nSPS) is 17.5. The number of hydrogen-bond acceptors (Lipinski definition) is 2. The van der Waals surface area contributed by atoms with Gasteiger partial charge in [0.15, 0.2) is 0 Å². The third-order valence-electron chi connectivity index (χ3n) is 5.56. The summed E-state index contributed by atoms with van der Waals surface area (Å²) in [6, 6.07) is 0. The molecular weight excluding hydrogens is 588 g/mol. The molecule has 0 aliphatic rings. The lowest BCUT2D eigenvalue weighted by Gasteiger charge is -2.54. The number of hydrogen-bond donors (Lipinski definition) is 0. The number of alkyl halides is 15. The second kappa shape index (κ2) is 8.88. The first-order valence-electron chi connectivity index (χ1n) is 8.97. The Kier molecular flexibility index (Phi) is 8.81. The lowest BCUT2D eigenvalue weighted by atomic mass is 10.2. The average molecular weight is 608 g/mol. The van der Waals surface area contributed by atoms with Crippen molar-refractivity contribution in [3.63, 3.8) is 0 Å². The Morgan fingerprint density at radius 2 is 0.771 bits per heavy atom. The fraction of sp³-hybridized carbons (Fsp3) is 1.00. The van der Waals surface area contributed by atoms with Crippen molar-refractivity contribution >= 4 is 25.2 Å². The molecule has 212 valence electrons. The summed E-state index contributed by atoms with van der Waals surface area (Å²) in [6.45, 7) is -1.74. The molecule has 0 saturated carbocycles. The highest BCUT2D eigenvalue weighted by Crippen LogP contribution is 2.82. The first-order valence-corrected chi connectivity index (χ1v) is 14.8. The molecule has 0 heterocycles. The van der Waals surface area contributed by atoms with Gasteiger partial charge in [0, 0.05) is 0 Å². The van der Waals surface area contributed by atoms with E-state index in [9.17, 15) is 74.6 Å². The van der Waals surface area contributed by atoms with E-state index in [0.29, 0.717) is 41.5 Å². The van der Waals surface area contributed by atoms with Gasteiger partial charge in [0.2, 0.25) is 0 Å². The molecular formula is C15H20F15O2PSSi. The molecule has 0 spiro atoms. The van der Waals surface area contributed by atoms with Crippen LogP contribution in [0.5, 0.6) is 0 Å². The van der Waals surface area contributed by atoms with Gasteiger partial charge in [-0.2, -0.15) is 39.5 Å². The Morgan fingerprint density at radius 3 is 0.886 bits per heavy atom. The lowest BCUT2D eigenvalue weighted by molar-refractivity contribution is -0.304. The second-order valence-electron chi connectivity index (χ2n) is 9.58. The molecule has 0 N–H and O–H groups in total. The number of rotatable bonds is 6. The summed E-state index contributed by atoms with van der Waals surface area (Å²) in [6.07, 6.45) is -23.3. The van der Waals surface area contributed by atoms with Gasteiger partial charge in [0.05, 0.1) is 33.3 Å². The van der Waals surface area contributed by atoms with Crippen LogP contribution in [0.25, 0.3) is 0 Å². The molecule has 0 aliphatic heterocycles. The SMILES string of the molecule is CC(C)(C)[P+](C[Si](C(F)(F)C(F)(F)F)(C(F)(F)C(F)(F)F)C(F)(F)C(F)(F)F)(S(=O)[O-])C(C)(C)C. The average Bonchev–Trinajstić information content (AvgIpc) is 2.48. The van der Waals surface area contributed by atoms with E-state index in [1.54, 1.807) is 0 Å². The second-order valence-corrected chi connectivity index (χ2v) is 21.9. The molecule has 0 aromatic carbocycles. The van der Waals surface area contributed by atoms with E-state index in [1.165, 1.54) is 0 Å². The van der Waals surface area contributed by atoms with Crippen LogP contribution < -0.4 is 0 Å². The third kappa shape index (κ3) is 4.84. The van der Waals surface area contributed by atoms with E-state index < -0.39 is 76.5 Å². The Hall–Kier alpha value is -0.293. The van der Waals surface area contributed by atoms with Crippen molar-refractivity contribution in [1.82, 2.24) is 0 Å². The van der Waals surface area contributed by atoms with Gasteiger partial charge in [-0.25, -0.2) is 30.6 Å². The minimum absolute atomic E-state index is 0.629. The van der Waals surface area contributed by atoms with Crippen LogP contribution >= 0.6 is 6.46 Å². The first kappa shape index (κ1) is 34.7. The minimum atomic E-state index is -10.0. The predicted molar refractivity (Wildman–Crippen MR) is 99.0 cm³/mol. The highest BCUT2D eigenvalue weighted by molar-refractivity contribution is 8.52. The van der Waals surface area contributed by atoms with Crippen molar-refractivity contribution in [1.29, 1.82) is 0 Å². The summed E-state index contributed by atoms with van der Waals surface area (Å²) in [4.78, 5) is 0. The Labute approximate surface area is 193 Å². The molecule has 20 heteroatoms. The summed E-state index contributed by atoms with van der Waals surface area (Å²) in [7, 11) is -14.3. The van der Waals surface area contributed by atoms with Crippen molar-refractivity contribution in [3.05, 3.63) is 0 Å². The van der Waals surface area contributed by atoms with Gasteiger partial charge in [-0.05, 0) is 41.5 Å². The fourth-order valence-electron chi connectivity index (χ4n) is 3.93. The molecule has 1 unspecified atom stereocenters. The zero-order valence-corrected chi connectivity index (χ0v) is 21.3. The van der Waals surface area contributed by atoms with Crippen molar-refractivity contribution < 1.29 is 74.6 Å². The van der Waals surface area contributed by atoms with Gasteiger partial charge in [0.25, 0.3) is 0 Å². The van der Waals surface area contributed by atoms with E-state index >= 15 is 0 Å². The molecule has 2 nitrogen and oxygen atoms in total. The molecule has 0 rings (SSSR count). The maximum atomic E-state index is 14.7. The van der Waals surface area contributed by atoms with Crippen LogP contribution in [0.4, 0.5) is 65.9 Å². The standard InChI is InChI=1S/C15H20F15O2PSSi/c1-8(2,3)33(34(31)32,9(4,5)6)7-35(13(25,26)10(16,17)18,14(27,28)11(19,20)21)15(29,30)12(22,23)24/h7H2,1-6H3. The lowest BCUT2D eigenvalue weighted by Crippen LogP contribution is -2.86. The van der Waals surface area contributed by atoms with Crippen LogP contribution in [-0.4, -0.2) is 68.1 Å². The van der Waals surface area contributed by atoms with Crippen LogP contribution in [-0.2, 0) is 10.7 Å². The predicted octanol–water partition coefficient (Wildman–Crippen LogP) is 7.59. The van der Waals surface area contributed by atoms with Crippen LogP contribution in [0, 0.1) is 0 Å². The van der Waals surface area contributed by atoms with Crippen LogP contribution in [0.2, 0.25) is 0 Å². The zero-order valence-electron chi connectivity index (χ0n) is 18.5. The van der Waals surface area contributed by atoms with Crippen molar-refractivity contribution in [2.24, 2.45) is 0 Å². The maximum absolute atomic E-state index is 14.7. The topological polar surface area (TPSA) is 40.1 Å². The Bertz CT molecular complexity index is 727. The molecule has 1 atom stereocenters. The van der Waals surface area contributed by atoms with Gasteiger partial charge in [-0.15, -0.1) is 0 Å². The summed E-state index contributed by atoms with van der Waals surface area (Å²) in [5.74, 6) is -3.56. The first-order chi connectivity index (χ1) is 14.7. The maximum Gasteiger partial charge on any atom is 0.449 e.